The van der Waals surface area contributed by atoms with Crippen LogP contribution in [-0.4, -0.2) is 32.8 Å². The van der Waals surface area contributed by atoms with Crippen LogP contribution in [0, 0.1) is 5.41 Å². The standard InChI is InChI=1S/C18H30N2O/c1-4-18(5-2,14-19-6-3)15-20-12-9-13-21-17-11-8-7-10-16(17)20/h7-8,10-11,19H,4-6,9,12-15H2,1-3H3. The Kier molecular flexibility index (Phi) is 5.92. The molecule has 1 N–H and O–H groups in total. The van der Waals surface area contributed by atoms with Gasteiger partial charge in [0.2, 0.25) is 0 Å². The van der Waals surface area contributed by atoms with E-state index in [4.69, 9.17) is 4.74 Å². The molecular weight excluding hydrogens is 260 g/mol. The van der Waals surface area contributed by atoms with Gasteiger partial charge in [-0.1, -0.05) is 32.9 Å². The Hall–Kier alpha value is -1.22. The van der Waals surface area contributed by atoms with Crippen LogP contribution in [-0.2, 0) is 0 Å². The number of fused-ring (bicyclic) bond motifs is 1. The van der Waals surface area contributed by atoms with E-state index in [9.17, 15) is 0 Å². The van der Waals surface area contributed by atoms with E-state index in [2.05, 4.69) is 55.3 Å². The average Bonchev–Trinajstić information content (AvgIpc) is 2.74. The van der Waals surface area contributed by atoms with E-state index in [1.165, 1.54) is 18.5 Å². The Labute approximate surface area is 129 Å². The minimum absolute atomic E-state index is 0.341. The van der Waals surface area contributed by atoms with Gasteiger partial charge in [-0.2, -0.15) is 0 Å². The SMILES string of the molecule is CCNCC(CC)(CC)CN1CCCOc2ccccc21. The number of rotatable bonds is 7. The normalized spacial score (nSPS) is 15.3. The first-order chi connectivity index (χ1) is 10.2. The first-order valence-corrected chi connectivity index (χ1v) is 8.42. The van der Waals surface area contributed by atoms with Crippen LogP contribution < -0.4 is 15.0 Å². The predicted octanol–water partition coefficient (Wildman–Crippen LogP) is 3.69. The van der Waals surface area contributed by atoms with Crippen molar-refractivity contribution in [3.63, 3.8) is 0 Å². The van der Waals surface area contributed by atoms with Gasteiger partial charge in [0.1, 0.15) is 5.75 Å². The summed E-state index contributed by atoms with van der Waals surface area (Å²) >= 11 is 0. The van der Waals surface area contributed by atoms with Crippen molar-refractivity contribution in [3.8, 4) is 5.75 Å². The summed E-state index contributed by atoms with van der Waals surface area (Å²) < 4.78 is 5.88. The Bertz CT molecular complexity index is 429. The second-order valence-corrected chi connectivity index (χ2v) is 6.08. The zero-order chi connectivity index (χ0) is 15.1. The van der Waals surface area contributed by atoms with Crippen molar-refractivity contribution >= 4 is 5.69 Å². The van der Waals surface area contributed by atoms with Gasteiger partial charge < -0.3 is 15.0 Å². The Morgan fingerprint density at radius 1 is 1.19 bits per heavy atom. The molecule has 1 aromatic carbocycles. The lowest BCUT2D eigenvalue weighted by Crippen LogP contribution is -2.44. The summed E-state index contributed by atoms with van der Waals surface area (Å²) in [5, 5.41) is 3.56. The van der Waals surface area contributed by atoms with E-state index in [0.717, 1.165) is 45.0 Å². The molecule has 0 aliphatic carbocycles. The van der Waals surface area contributed by atoms with Crippen LogP contribution in [0.2, 0.25) is 0 Å². The summed E-state index contributed by atoms with van der Waals surface area (Å²) in [4.78, 5) is 2.53. The van der Waals surface area contributed by atoms with Crippen LogP contribution in [0.15, 0.2) is 24.3 Å². The number of nitrogens with zero attached hydrogens (tertiary/aromatic N) is 1. The number of nitrogens with one attached hydrogen (secondary N) is 1. The zero-order valence-electron chi connectivity index (χ0n) is 13.8. The van der Waals surface area contributed by atoms with Gasteiger partial charge in [-0.15, -0.1) is 0 Å². The van der Waals surface area contributed by atoms with Crippen LogP contribution in [0.25, 0.3) is 0 Å². The molecule has 21 heavy (non-hydrogen) atoms. The Balaban J connectivity index is 2.19. The summed E-state index contributed by atoms with van der Waals surface area (Å²) in [6.45, 7) is 12.0. The maximum absolute atomic E-state index is 5.88. The number of hydrogen-bond donors (Lipinski definition) is 1. The molecule has 1 aliphatic heterocycles. The van der Waals surface area contributed by atoms with Crippen molar-refractivity contribution < 1.29 is 4.74 Å². The molecule has 0 aromatic heterocycles. The summed E-state index contributed by atoms with van der Waals surface area (Å²) in [5.41, 5.74) is 1.60. The molecule has 0 unspecified atom stereocenters. The first-order valence-electron chi connectivity index (χ1n) is 8.42. The highest BCUT2D eigenvalue weighted by atomic mass is 16.5. The third kappa shape index (κ3) is 3.91. The molecule has 1 aromatic rings. The molecule has 0 bridgehead atoms. The van der Waals surface area contributed by atoms with Crippen molar-refractivity contribution in [1.82, 2.24) is 5.32 Å². The number of ether oxygens (including phenoxy) is 1. The quantitative estimate of drug-likeness (QED) is 0.829. The summed E-state index contributed by atoms with van der Waals surface area (Å²) in [7, 11) is 0. The number of hydrogen-bond acceptors (Lipinski definition) is 3. The van der Waals surface area contributed by atoms with Crippen molar-refractivity contribution in [2.75, 3.05) is 37.7 Å². The molecule has 0 atom stereocenters. The first kappa shape index (κ1) is 16.2. The molecule has 0 spiro atoms. The molecule has 0 amide bonds. The highest BCUT2D eigenvalue weighted by Gasteiger charge is 2.30. The van der Waals surface area contributed by atoms with E-state index in [1.807, 2.05) is 0 Å². The van der Waals surface area contributed by atoms with E-state index in [-0.39, 0.29) is 0 Å². The molecule has 0 saturated carbocycles. The summed E-state index contributed by atoms with van der Waals surface area (Å²) in [6, 6.07) is 8.47. The van der Waals surface area contributed by atoms with Gasteiger partial charge in [0, 0.05) is 19.6 Å². The Morgan fingerprint density at radius 2 is 1.95 bits per heavy atom. The molecule has 3 heteroatoms. The lowest BCUT2D eigenvalue weighted by atomic mass is 9.81. The van der Waals surface area contributed by atoms with E-state index < -0.39 is 0 Å². The fourth-order valence-electron chi connectivity index (χ4n) is 3.14. The van der Waals surface area contributed by atoms with Crippen LogP contribution in [0.1, 0.15) is 40.0 Å². The molecule has 1 aliphatic rings. The maximum atomic E-state index is 5.88. The van der Waals surface area contributed by atoms with Gasteiger partial charge in [-0.25, -0.2) is 0 Å². The van der Waals surface area contributed by atoms with Crippen LogP contribution >= 0.6 is 0 Å². The molecule has 2 rings (SSSR count). The lowest BCUT2D eigenvalue weighted by molar-refractivity contribution is 0.254. The third-order valence-electron chi connectivity index (χ3n) is 4.81. The maximum Gasteiger partial charge on any atom is 0.142 e. The highest BCUT2D eigenvalue weighted by Crippen LogP contribution is 2.35. The predicted molar refractivity (Wildman–Crippen MR) is 90.3 cm³/mol. The number of benzene rings is 1. The molecular formula is C18H30N2O. The van der Waals surface area contributed by atoms with Gasteiger partial charge in [0.25, 0.3) is 0 Å². The number of anilines is 1. The van der Waals surface area contributed by atoms with Crippen molar-refractivity contribution in [3.05, 3.63) is 24.3 Å². The molecule has 0 radical (unpaired) electrons. The summed E-state index contributed by atoms with van der Waals surface area (Å²) in [6.07, 6.45) is 3.51. The molecule has 1 heterocycles. The molecule has 0 fully saturated rings. The summed E-state index contributed by atoms with van der Waals surface area (Å²) in [5.74, 6) is 1.04. The minimum Gasteiger partial charge on any atom is -0.491 e. The lowest BCUT2D eigenvalue weighted by Gasteiger charge is -2.38. The van der Waals surface area contributed by atoms with Gasteiger partial charge in [-0.3, -0.25) is 0 Å². The monoisotopic (exact) mass is 290 g/mol. The molecule has 118 valence electrons. The third-order valence-corrected chi connectivity index (χ3v) is 4.81. The van der Waals surface area contributed by atoms with Crippen molar-refractivity contribution in [1.29, 1.82) is 0 Å². The van der Waals surface area contributed by atoms with Crippen molar-refractivity contribution in [2.24, 2.45) is 5.41 Å². The van der Waals surface area contributed by atoms with Crippen molar-refractivity contribution in [2.45, 2.75) is 40.0 Å². The highest BCUT2D eigenvalue weighted by molar-refractivity contribution is 5.59. The average molecular weight is 290 g/mol. The van der Waals surface area contributed by atoms with E-state index in [0.29, 0.717) is 5.41 Å². The second-order valence-electron chi connectivity index (χ2n) is 6.08. The second kappa shape index (κ2) is 7.69. The van der Waals surface area contributed by atoms with Crippen LogP contribution in [0.4, 0.5) is 5.69 Å². The van der Waals surface area contributed by atoms with Gasteiger partial charge in [0.05, 0.1) is 12.3 Å². The Morgan fingerprint density at radius 3 is 2.67 bits per heavy atom. The topological polar surface area (TPSA) is 24.5 Å². The van der Waals surface area contributed by atoms with Gasteiger partial charge in [0.15, 0.2) is 0 Å². The van der Waals surface area contributed by atoms with Crippen LogP contribution in [0.5, 0.6) is 5.75 Å². The largest absolute Gasteiger partial charge is 0.491 e. The number of para-hydroxylation sites is 2. The van der Waals surface area contributed by atoms with E-state index >= 15 is 0 Å². The fraction of sp³-hybridized carbons (Fsp3) is 0.667. The molecule has 3 nitrogen and oxygen atoms in total. The van der Waals surface area contributed by atoms with Gasteiger partial charge in [-0.05, 0) is 43.4 Å². The fourth-order valence-corrected chi connectivity index (χ4v) is 3.14. The smallest absolute Gasteiger partial charge is 0.142 e. The zero-order valence-corrected chi connectivity index (χ0v) is 13.8. The minimum atomic E-state index is 0.341. The molecule has 0 saturated heterocycles. The van der Waals surface area contributed by atoms with E-state index in [1.54, 1.807) is 0 Å². The van der Waals surface area contributed by atoms with Gasteiger partial charge >= 0.3 is 0 Å². The van der Waals surface area contributed by atoms with Crippen LogP contribution in [0.3, 0.4) is 0 Å².